The first-order chi connectivity index (χ1) is 6.74. The zero-order valence-corrected chi connectivity index (χ0v) is 8.56. The zero-order chi connectivity index (χ0) is 10.4. The Bertz CT molecular complexity index is 352. The third-order valence-electron chi connectivity index (χ3n) is 1.58. The molecule has 0 aliphatic rings. The molecule has 0 saturated heterocycles. The Hall–Kier alpha value is -1.62. The van der Waals surface area contributed by atoms with E-state index in [9.17, 15) is 5.11 Å². The maximum atomic E-state index is 9.39. The number of para-hydroxylation sites is 1. The Morgan fingerprint density at radius 3 is 2.86 bits per heavy atom. The molecule has 0 aliphatic carbocycles. The summed E-state index contributed by atoms with van der Waals surface area (Å²) in [6.45, 7) is 0. The standard InChI is InChI=1S/C9H11N3OS/c1-10-9(14)12-11-6-7-4-2-3-5-8(7)13/h2-6,13H,1H3,(H2,10,12,14)/p+1. The van der Waals surface area contributed by atoms with Crippen molar-refractivity contribution in [3.8, 4) is 5.75 Å². The van der Waals surface area contributed by atoms with E-state index < -0.39 is 0 Å². The highest BCUT2D eigenvalue weighted by molar-refractivity contribution is 7.80. The van der Waals surface area contributed by atoms with Gasteiger partial charge in [-0.05, 0) is 24.4 Å². The molecule has 0 heterocycles. The van der Waals surface area contributed by atoms with Crippen LogP contribution in [0.2, 0.25) is 0 Å². The first-order valence-electron chi connectivity index (χ1n) is 4.08. The molecule has 5 heteroatoms. The smallest absolute Gasteiger partial charge is 0.223 e. The molecular weight excluding hydrogens is 198 g/mol. The SMILES string of the molecule is CNC(=S)N[NH+]=Cc1ccccc1O. The van der Waals surface area contributed by atoms with Gasteiger partial charge in [-0.1, -0.05) is 12.1 Å². The molecule has 0 bridgehead atoms. The number of hydrogen-bond acceptors (Lipinski definition) is 2. The normalized spacial score (nSPS) is 10.1. The minimum absolute atomic E-state index is 0.220. The van der Waals surface area contributed by atoms with Crippen molar-refractivity contribution in [1.82, 2.24) is 10.7 Å². The van der Waals surface area contributed by atoms with Crippen molar-refractivity contribution in [3.63, 3.8) is 0 Å². The molecule has 4 N–H and O–H groups in total. The van der Waals surface area contributed by atoms with Gasteiger partial charge in [-0.3, -0.25) is 0 Å². The lowest BCUT2D eigenvalue weighted by Crippen LogP contribution is -2.82. The molecule has 4 nitrogen and oxygen atoms in total. The van der Waals surface area contributed by atoms with E-state index in [1.165, 1.54) is 0 Å². The average Bonchev–Trinajstić information content (AvgIpc) is 2.20. The Balaban J connectivity index is 2.60. The first kappa shape index (κ1) is 10.5. The van der Waals surface area contributed by atoms with Crippen LogP contribution in [0.25, 0.3) is 0 Å². The molecule has 0 aliphatic heterocycles. The van der Waals surface area contributed by atoms with Crippen LogP contribution in [-0.2, 0) is 0 Å². The van der Waals surface area contributed by atoms with Gasteiger partial charge in [0.05, 0.1) is 5.56 Å². The van der Waals surface area contributed by atoms with Gasteiger partial charge in [0, 0.05) is 7.05 Å². The monoisotopic (exact) mass is 210 g/mol. The fraction of sp³-hybridized carbons (Fsp3) is 0.111. The van der Waals surface area contributed by atoms with Gasteiger partial charge in [0.2, 0.25) is 11.3 Å². The topological polar surface area (TPSA) is 58.3 Å². The second-order valence-corrected chi connectivity index (χ2v) is 2.96. The lowest BCUT2D eigenvalue weighted by Gasteiger charge is -1.95. The molecule has 1 rings (SSSR count). The summed E-state index contributed by atoms with van der Waals surface area (Å²) in [4.78, 5) is 0. The molecule has 0 unspecified atom stereocenters. The second-order valence-electron chi connectivity index (χ2n) is 2.55. The molecule has 1 aromatic carbocycles. The van der Waals surface area contributed by atoms with Crippen molar-refractivity contribution in [2.24, 2.45) is 0 Å². The van der Waals surface area contributed by atoms with Crippen LogP contribution in [-0.4, -0.2) is 23.5 Å². The van der Waals surface area contributed by atoms with Crippen molar-refractivity contribution >= 4 is 23.5 Å². The van der Waals surface area contributed by atoms with Gasteiger partial charge in [-0.15, -0.1) is 10.5 Å². The fourth-order valence-electron chi connectivity index (χ4n) is 0.851. The number of benzene rings is 1. The van der Waals surface area contributed by atoms with Crippen LogP contribution >= 0.6 is 12.2 Å². The number of hydrazone groups is 1. The summed E-state index contributed by atoms with van der Waals surface area (Å²) in [7, 11) is 1.72. The van der Waals surface area contributed by atoms with Gasteiger partial charge < -0.3 is 10.4 Å². The van der Waals surface area contributed by atoms with Gasteiger partial charge in [0.25, 0.3) is 0 Å². The molecule has 0 saturated carbocycles. The summed E-state index contributed by atoms with van der Waals surface area (Å²) in [5, 5.41) is 15.4. The lowest BCUT2D eigenvalue weighted by molar-refractivity contribution is -0.500. The summed E-state index contributed by atoms with van der Waals surface area (Å²) in [6, 6.07) is 7.00. The molecule has 14 heavy (non-hydrogen) atoms. The van der Waals surface area contributed by atoms with E-state index in [0.29, 0.717) is 10.7 Å². The highest BCUT2D eigenvalue weighted by Crippen LogP contribution is 2.11. The highest BCUT2D eigenvalue weighted by Gasteiger charge is 1.98. The molecule has 0 radical (unpaired) electrons. The molecular formula is C9H12N3OS+. The van der Waals surface area contributed by atoms with Crippen LogP contribution in [0.5, 0.6) is 5.75 Å². The van der Waals surface area contributed by atoms with E-state index >= 15 is 0 Å². The van der Waals surface area contributed by atoms with Gasteiger partial charge in [0.1, 0.15) is 5.75 Å². The second kappa shape index (κ2) is 5.18. The van der Waals surface area contributed by atoms with E-state index in [2.05, 4.69) is 15.8 Å². The Morgan fingerprint density at radius 1 is 1.50 bits per heavy atom. The first-order valence-corrected chi connectivity index (χ1v) is 4.49. The molecule has 0 atom stereocenters. The lowest BCUT2D eigenvalue weighted by atomic mass is 10.2. The number of rotatable bonds is 2. The molecule has 0 spiro atoms. The predicted octanol–water partition coefficient (Wildman–Crippen LogP) is -1.10. The predicted molar refractivity (Wildman–Crippen MR) is 59.0 cm³/mol. The highest BCUT2D eigenvalue weighted by atomic mass is 32.1. The summed E-state index contributed by atoms with van der Waals surface area (Å²) in [6.07, 6.45) is 1.62. The fourth-order valence-corrected chi connectivity index (χ4v) is 0.910. The van der Waals surface area contributed by atoms with Gasteiger partial charge in [-0.25, -0.2) is 0 Å². The van der Waals surface area contributed by atoms with Gasteiger partial charge >= 0.3 is 0 Å². The van der Waals surface area contributed by atoms with Crippen molar-refractivity contribution in [2.75, 3.05) is 7.05 Å². The van der Waals surface area contributed by atoms with E-state index in [0.717, 1.165) is 0 Å². The third kappa shape index (κ3) is 3.02. The molecule has 74 valence electrons. The van der Waals surface area contributed by atoms with Crippen LogP contribution in [0.15, 0.2) is 24.3 Å². The van der Waals surface area contributed by atoms with Crippen molar-refractivity contribution in [1.29, 1.82) is 0 Å². The quantitative estimate of drug-likeness (QED) is 0.284. The van der Waals surface area contributed by atoms with Crippen LogP contribution in [0.4, 0.5) is 0 Å². The third-order valence-corrected chi connectivity index (χ3v) is 1.88. The van der Waals surface area contributed by atoms with Crippen molar-refractivity contribution in [2.45, 2.75) is 0 Å². The average molecular weight is 210 g/mol. The summed E-state index contributed by atoms with van der Waals surface area (Å²) >= 11 is 4.84. The zero-order valence-electron chi connectivity index (χ0n) is 7.74. The maximum absolute atomic E-state index is 9.39. The number of aromatic hydroxyl groups is 1. The number of thiocarbonyl (C=S) groups is 1. The van der Waals surface area contributed by atoms with Crippen LogP contribution < -0.4 is 15.8 Å². The van der Waals surface area contributed by atoms with Gasteiger partial charge in [-0.2, -0.15) is 0 Å². The van der Waals surface area contributed by atoms with Crippen molar-refractivity contribution in [3.05, 3.63) is 29.8 Å². The Morgan fingerprint density at radius 2 is 2.21 bits per heavy atom. The summed E-state index contributed by atoms with van der Waals surface area (Å²) < 4.78 is 0. The number of hydrogen-bond donors (Lipinski definition) is 4. The Kier molecular flexibility index (Phi) is 3.87. The summed E-state index contributed by atoms with van der Waals surface area (Å²) in [5.41, 5.74) is 3.41. The number of phenols is 1. The van der Waals surface area contributed by atoms with E-state index in [4.69, 9.17) is 12.2 Å². The largest absolute Gasteiger partial charge is 0.507 e. The van der Waals surface area contributed by atoms with Gasteiger partial charge in [0.15, 0.2) is 0 Å². The Labute approximate surface area is 87.6 Å². The maximum Gasteiger partial charge on any atom is 0.223 e. The van der Waals surface area contributed by atoms with Crippen LogP contribution in [0.1, 0.15) is 5.56 Å². The van der Waals surface area contributed by atoms with E-state index in [1.54, 1.807) is 31.5 Å². The molecule has 0 fully saturated rings. The van der Waals surface area contributed by atoms with Crippen molar-refractivity contribution < 1.29 is 10.2 Å². The summed E-state index contributed by atoms with van der Waals surface area (Å²) in [5.74, 6) is 0.220. The minimum atomic E-state index is 0.220. The van der Waals surface area contributed by atoms with Crippen LogP contribution in [0.3, 0.4) is 0 Å². The van der Waals surface area contributed by atoms with E-state index in [-0.39, 0.29) is 5.75 Å². The molecule has 0 aromatic heterocycles. The number of nitrogens with one attached hydrogen (secondary N) is 3. The van der Waals surface area contributed by atoms with Crippen LogP contribution in [0, 0.1) is 0 Å². The molecule has 0 amide bonds. The van der Waals surface area contributed by atoms with E-state index in [1.807, 2.05) is 6.07 Å². The number of phenolic OH excluding ortho intramolecular Hbond substituents is 1. The molecule has 1 aromatic rings. The number of hydrazine groups is 1. The minimum Gasteiger partial charge on any atom is -0.507 e.